The zero-order chi connectivity index (χ0) is 24.8. The van der Waals surface area contributed by atoms with Crippen molar-refractivity contribution in [1.29, 1.82) is 0 Å². The van der Waals surface area contributed by atoms with Gasteiger partial charge >= 0.3 is 0 Å². The number of hydrogen-bond donors (Lipinski definition) is 4. The first-order valence-corrected chi connectivity index (χ1v) is 10.6. The highest BCUT2D eigenvalue weighted by atomic mass is 16.6. The summed E-state index contributed by atoms with van der Waals surface area (Å²) in [7, 11) is 0. The monoisotopic (exact) mass is 470 g/mol. The van der Waals surface area contributed by atoms with E-state index < -0.39 is 4.92 Å². The first-order valence-electron chi connectivity index (χ1n) is 10.6. The lowest BCUT2D eigenvalue weighted by molar-refractivity contribution is -0.384. The van der Waals surface area contributed by atoms with E-state index in [0.717, 1.165) is 22.5 Å². The molecule has 0 aliphatic rings. The summed E-state index contributed by atoms with van der Waals surface area (Å²) < 4.78 is 0. The van der Waals surface area contributed by atoms with E-state index in [4.69, 9.17) is 0 Å². The van der Waals surface area contributed by atoms with Gasteiger partial charge in [0.2, 0.25) is 17.8 Å². The van der Waals surface area contributed by atoms with E-state index in [1.807, 2.05) is 62.4 Å². The van der Waals surface area contributed by atoms with Gasteiger partial charge in [0.1, 0.15) is 5.75 Å². The van der Waals surface area contributed by atoms with Crippen LogP contribution in [0.15, 0.2) is 71.8 Å². The maximum Gasteiger partial charge on any atom is 0.270 e. The number of nitrogens with one attached hydrogen (secondary N) is 3. The number of benzene rings is 3. The number of hydrogen-bond acceptors (Lipinski definition) is 10. The third kappa shape index (κ3) is 6.26. The number of rotatable bonds is 8. The summed E-state index contributed by atoms with van der Waals surface area (Å²) in [6, 6.07) is 19.1. The Morgan fingerprint density at radius 3 is 1.86 bits per heavy atom. The summed E-state index contributed by atoms with van der Waals surface area (Å²) in [6.45, 7) is 3.99. The molecule has 0 saturated carbocycles. The van der Waals surface area contributed by atoms with Gasteiger partial charge in [0, 0.05) is 29.1 Å². The second-order valence-corrected chi connectivity index (χ2v) is 7.66. The summed E-state index contributed by atoms with van der Waals surface area (Å²) in [6.07, 6.45) is 1.24. The Balaban J connectivity index is 1.60. The zero-order valence-electron chi connectivity index (χ0n) is 18.9. The molecule has 4 aromatic rings. The van der Waals surface area contributed by atoms with Crippen molar-refractivity contribution in [3.05, 3.63) is 93.5 Å². The highest BCUT2D eigenvalue weighted by molar-refractivity contribution is 5.84. The second-order valence-electron chi connectivity index (χ2n) is 7.66. The van der Waals surface area contributed by atoms with Crippen LogP contribution in [0.1, 0.15) is 16.7 Å². The van der Waals surface area contributed by atoms with Crippen molar-refractivity contribution >= 4 is 41.1 Å². The van der Waals surface area contributed by atoms with E-state index in [2.05, 4.69) is 36.1 Å². The first kappa shape index (κ1) is 23.1. The van der Waals surface area contributed by atoms with Crippen molar-refractivity contribution in [2.45, 2.75) is 13.8 Å². The molecule has 3 aromatic carbocycles. The van der Waals surface area contributed by atoms with Gasteiger partial charge in [-0.05, 0) is 44.2 Å². The van der Waals surface area contributed by atoms with Crippen LogP contribution in [0.3, 0.4) is 0 Å². The van der Waals surface area contributed by atoms with Crippen molar-refractivity contribution < 1.29 is 10.0 Å². The number of anilines is 5. The molecular formula is C24H22N8O3. The van der Waals surface area contributed by atoms with Crippen LogP contribution in [0.5, 0.6) is 5.75 Å². The Bertz CT molecular complexity index is 1310. The van der Waals surface area contributed by atoms with Gasteiger partial charge < -0.3 is 15.7 Å². The van der Waals surface area contributed by atoms with Crippen LogP contribution in [0.25, 0.3) is 0 Å². The largest absolute Gasteiger partial charge is 0.507 e. The molecule has 1 aromatic heterocycles. The van der Waals surface area contributed by atoms with Gasteiger partial charge in [-0.3, -0.25) is 10.1 Å². The van der Waals surface area contributed by atoms with Crippen molar-refractivity contribution in [1.82, 2.24) is 15.0 Å². The standard InChI is InChI=1S/C24H22N8O3/c1-15-3-7-18(8-4-15)26-22-28-23(27-19-9-5-16(2)6-10-19)30-24(29-22)31-25-14-17-13-20(32(34)35)11-12-21(17)33/h3-14,33H,1-2H3,(H3,26,27,28,29,30,31). The van der Waals surface area contributed by atoms with Crippen molar-refractivity contribution in [3.63, 3.8) is 0 Å². The lowest BCUT2D eigenvalue weighted by Gasteiger charge is -2.10. The molecule has 11 heteroatoms. The summed E-state index contributed by atoms with van der Waals surface area (Å²) in [4.78, 5) is 23.5. The number of aryl methyl sites for hydroxylation is 2. The average Bonchev–Trinajstić information content (AvgIpc) is 2.83. The number of phenols is 1. The van der Waals surface area contributed by atoms with Gasteiger partial charge in [-0.2, -0.15) is 20.1 Å². The number of aromatic hydroxyl groups is 1. The van der Waals surface area contributed by atoms with Gasteiger partial charge in [0.15, 0.2) is 0 Å². The Morgan fingerprint density at radius 1 is 0.829 bits per heavy atom. The van der Waals surface area contributed by atoms with Crippen LogP contribution in [0, 0.1) is 24.0 Å². The maximum absolute atomic E-state index is 11.0. The SMILES string of the molecule is Cc1ccc(Nc2nc(NN=Cc3cc([N+](=O)[O-])ccc3O)nc(Nc3ccc(C)cc3)n2)cc1. The number of non-ortho nitro benzene ring substituents is 1. The predicted octanol–water partition coefficient (Wildman–Crippen LogP) is 5.04. The molecule has 0 unspecified atom stereocenters. The highest BCUT2D eigenvalue weighted by Gasteiger charge is 2.10. The van der Waals surface area contributed by atoms with Crippen LogP contribution in [-0.2, 0) is 0 Å². The van der Waals surface area contributed by atoms with E-state index in [-0.39, 0.29) is 34.8 Å². The molecule has 0 aliphatic carbocycles. The van der Waals surface area contributed by atoms with Gasteiger partial charge in [-0.25, -0.2) is 5.43 Å². The van der Waals surface area contributed by atoms with Gasteiger partial charge in [0.25, 0.3) is 5.69 Å². The minimum Gasteiger partial charge on any atom is -0.507 e. The summed E-state index contributed by atoms with van der Waals surface area (Å²) in [5.41, 5.74) is 6.50. The third-order valence-corrected chi connectivity index (χ3v) is 4.84. The number of hydrazone groups is 1. The lowest BCUT2D eigenvalue weighted by Crippen LogP contribution is -2.07. The van der Waals surface area contributed by atoms with E-state index in [0.29, 0.717) is 0 Å². The minimum absolute atomic E-state index is 0.116. The van der Waals surface area contributed by atoms with Gasteiger partial charge in [-0.15, -0.1) is 0 Å². The van der Waals surface area contributed by atoms with Crippen molar-refractivity contribution in [2.24, 2.45) is 5.10 Å². The van der Waals surface area contributed by atoms with Crippen molar-refractivity contribution in [2.75, 3.05) is 16.1 Å². The molecule has 0 amide bonds. The fourth-order valence-electron chi connectivity index (χ4n) is 2.99. The smallest absolute Gasteiger partial charge is 0.270 e. The summed E-state index contributed by atoms with van der Waals surface area (Å²) in [5.74, 6) is 0.509. The molecule has 0 fully saturated rings. The molecule has 0 saturated heterocycles. The molecule has 0 radical (unpaired) electrons. The molecule has 4 rings (SSSR count). The summed E-state index contributed by atoms with van der Waals surface area (Å²) in [5, 5.41) is 31.3. The van der Waals surface area contributed by atoms with Gasteiger partial charge in [0.05, 0.1) is 11.1 Å². The van der Waals surface area contributed by atoms with Crippen LogP contribution >= 0.6 is 0 Å². The van der Waals surface area contributed by atoms with E-state index >= 15 is 0 Å². The van der Waals surface area contributed by atoms with Crippen LogP contribution in [-0.4, -0.2) is 31.2 Å². The van der Waals surface area contributed by atoms with Crippen molar-refractivity contribution in [3.8, 4) is 5.75 Å². The molecule has 4 N–H and O–H groups in total. The molecule has 0 aliphatic heterocycles. The highest BCUT2D eigenvalue weighted by Crippen LogP contribution is 2.22. The minimum atomic E-state index is -0.553. The van der Waals surface area contributed by atoms with E-state index in [1.54, 1.807) is 0 Å². The van der Waals surface area contributed by atoms with Crippen LogP contribution in [0.4, 0.5) is 34.9 Å². The number of nitrogens with zero attached hydrogens (tertiary/aromatic N) is 5. The normalized spacial score (nSPS) is 10.8. The number of nitro benzene ring substituents is 1. The molecule has 11 nitrogen and oxygen atoms in total. The maximum atomic E-state index is 11.0. The second kappa shape index (κ2) is 10.3. The Hall–Kier alpha value is -5.06. The first-order chi connectivity index (χ1) is 16.9. The molecule has 0 spiro atoms. The molecule has 0 bridgehead atoms. The molecule has 1 heterocycles. The number of aromatic nitrogens is 3. The Kier molecular flexibility index (Phi) is 6.77. The predicted molar refractivity (Wildman–Crippen MR) is 135 cm³/mol. The van der Waals surface area contributed by atoms with Crippen LogP contribution < -0.4 is 16.1 Å². The number of phenolic OH excluding ortho intramolecular Hbond substituents is 1. The number of nitro groups is 1. The fraction of sp³-hybridized carbons (Fsp3) is 0.0833. The Morgan fingerprint density at radius 2 is 1.34 bits per heavy atom. The van der Waals surface area contributed by atoms with E-state index in [1.165, 1.54) is 24.4 Å². The quantitative estimate of drug-likeness (QED) is 0.158. The topological polar surface area (TPSA) is 150 Å². The van der Waals surface area contributed by atoms with E-state index in [9.17, 15) is 15.2 Å². The third-order valence-electron chi connectivity index (χ3n) is 4.84. The Labute approximate surface area is 200 Å². The molecule has 35 heavy (non-hydrogen) atoms. The van der Waals surface area contributed by atoms with Gasteiger partial charge in [-0.1, -0.05) is 35.4 Å². The average molecular weight is 470 g/mol. The lowest BCUT2D eigenvalue weighted by atomic mass is 10.2. The summed E-state index contributed by atoms with van der Waals surface area (Å²) >= 11 is 0. The fourth-order valence-corrected chi connectivity index (χ4v) is 2.99. The van der Waals surface area contributed by atoms with Crippen LogP contribution in [0.2, 0.25) is 0 Å². The molecule has 176 valence electrons. The molecular weight excluding hydrogens is 448 g/mol. The zero-order valence-corrected chi connectivity index (χ0v) is 18.9. The molecule has 0 atom stereocenters.